The molecule has 1 aromatic carbocycles. The molecule has 1 aliphatic heterocycles. The maximum atomic E-state index is 12.9. The normalized spacial score (nSPS) is 20.6. The van der Waals surface area contributed by atoms with E-state index in [-0.39, 0.29) is 24.2 Å². The second-order valence-corrected chi connectivity index (χ2v) is 6.82. The van der Waals surface area contributed by atoms with Crippen molar-refractivity contribution in [2.75, 3.05) is 0 Å². The van der Waals surface area contributed by atoms with Gasteiger partial charge in [0.25, 0.3) is 5.56 Å². The van der Waals surface area contributed by atoms with Gasteiger partial charge in [-0.1, -0.05) is 25.1 Å². The Balaban J connectivity index is 1.82. The molecule has 5 nitrogen and oxygen atoms in total. The highest BCUT2D eigenvalue weighted by Gasteiger charge is 2.46. The fourth-order valence-electron chi connectivity index (χ4n) is 4.10. The van der Waals surface area contributed by atoms with E-state index in [4.69, 9.17) is 4.98 Å². The Morgan fingerprint density at radius 1 is 1.24 bits per heavy atom. The number of fused-ring (bicyclic) bond motifs is 5. The van der Waals surface area contributed by atoms with Crippen molar-refractivity contribution in [1.82, 2.24) is 9.55 Å². The molecule has 2 aromatic heterocycles. The first-order chi connectivity index (χ1) is 12.0. The van der Waals surface area contributed by atoms with Gasteiger partial charge in [0.05, 0.1) is 23.4 Å². The predicted octanol–water partition coefficient (Wildman–Crippen LogP) is 2.15. The summed E-state index contributed by atoms with van der Waals surface area (Å²) in [5.41, 5.74) is 2.45. The van der Waals surface area contributed by atoms with Gasteiger partial charge in [0.2, 0.25) is 0 Å². The van der Waals surface area contributed by atoms with Gasteiger partial charge in [-0.3, -0.25) is 9.59 Å². The zero-order valence-electron chi connectivity index (χ0n) is 13.7. The summed E-state index contributed by atoms with van der Waals surface area (Å²) < 4.78 is 1.67. The maximum Gasteiger partial charge on any atom is 0.255 e. The Bertz CT molecular complexity index is 1150. The number of carbonyl (C=O) groups is 1. The first-order valence-corrected chi connectivity index (χ1v) is 8.45. The quantitative estimate of drug-likeness (QED) is 0.580. The van der Waals surface area contributed by atoms with Crippen LogP contribution >= 0.6 is 0 Å². The van der Waals surface area contributed by atoms with E-state index in [0.717, 1.165) is 22.2 Å². The number of hydrogen-bond donors (Lipinski definition) is 1. The molecule has 3 heterocycles. The summed E-state index contributed by atoms with van der Waals surface area (Å²) in [6.45, 7) is 2.21. The van der Waals surface area contributed by atoms with Gasteiger partial charge in [-0.15, -0.1) is 0 Å². The number of Topliss-reactive ketones (excluding diaryl/α,β-unsaturated/α-hetero) is 1. The van der Waals surface area contributed by atoms with E-state index in [2.05, 4.69) is 6.07 Å². The van der Waals surface area contributed by atoms with Crippen molar-refractivity contribution in [3.63, 3.8) is 0 Å². The van der Waals surface area contributed by atoms with Crippen LogP contribution in [0.15, 0.2) is 41.2 Å². The number of ketones is 1. The lowest BCUT2D eigenvalue weighted by atomic mass is 9.92. The van der Waals surface area contributed by atoms with E-state index in [1.807, 2.05) is 24.3 Å². The van der Waals surface area contributed by atoms with Crippen LogP contribution in [0.2, 0.25) is 0 Å². The van der Waals surface area contributed by atoms with Crippen molar-refractivity contribution in [3.05, 3.63) is 63.4 Å². The molecule has 1 N–H and O–H groups in total. The molecule has 0 saturated heterocycles. The van der Waals surface area contributed by atoms with Crippen molar-refractivity contribution in [2.45, 2.75) is 31.9 Å². The predicted molar refractivity (Wildman–Crippen MR) is 93.4 cm³/mol. The Morgan fingerprint density at radius 3 is 2.84 bits per heavy atom. The van der Waals surface area contributed by atoms with Crippen molar-refractivity contribution in [2.24, 2.45) is 0 Å². The van der Waals surface area contributed by atoms with Crippen LogP contribution in [0.25, 0.3) is 22.3 Å². The van der Waals surface area contributed by atoms with Gasteiger partial charge in [0.1, 0.15) is 5.60 Å². The monoisotopic (exact) mass is 332 g/mol. The lowest BCUT2D eigenvalue weighted by Crippen LogP contribution is -2.31. The summed E-state index contributed by atoms with van der Waals surface area (Å²) in [6, 6.07) is 11.7. The first kappa shape index (κ1) is 14.5. The second-order valence-electron chi connectivity index (χ2n) is 6.82. The smallest absolute Gasteiger partial charge is 0.255 e. The summed E-state index contributed by atoms with van der Waals surface area (Å²) in [7, 11) is 0. The largest absolute Gasteiger partial charge is 0.377 e. The van der Waals surface area contributed by atoms with Crippen LogP contribution in [0.3, 0.4) is 0 Å². The Hall–Kier alpha value is -2.79. The molecular formula is C20H16N2O3. The molecule has 0 radical (unpaired) electrons. The lowest BCUT2D eigenvalue weighted by Gasteiger charge is -2.20. The van der Waals surface area contributed by atoms with Crippen LogP contribution in [0, 0.1) is 0 Å². The van der Waals surface area contributed by atoms with Gasteiger partial charge in [0, 0.05) is 28.5 Å². The van der Waals surface area contributed by atoms with Gasteiger partial charge in [0.15, 0.2) is 5.78 Å². The summed E-state index contributed by atoms with van der Waals surface area (Å²) in [6.07, 6.45) is 0.268. The van der Waals surface area contributed by atoms with E-state index >= 15 is 0 Å². The van der Waals surface area contributed by atoms with E-state index in [9.17, 15) is 14.7 Å². The molecule has 3 aromatic rings. The van der Waals surface area contributed by atoms with E-state index in [1.54, 1.807) is 17.6 Å². The number of para-hydroxylation sites is 1. The summed E-state index contributed by atoms with van der Waals surface area (Å²) in [4.78, 5) is 29.9. The van der Waals surface area contributed by atoms with Gasteiger partial charge < -0.3 is 9.67 Å². The molecule has 0 amide bonds. The third-order valence-electron chi connectivity index (χ3n) is 5.53. The highest BCUT2D eigenvalue weighted by molar-refractivity contribution is 5.95. The summed E-state index contributed by atoms with van der Waals surface area (Å²) >= 11 is 0. The van der Waals surface area contributed by atoms with Crippen molar-refractivity contribution in [1.29, 1.82) is 0 Å². The average molecular weight is 332 g/mol. The van der Waals surface area contributed by atoms with Gasteiger partial charge in [-0.2, -0.15) is 0 Å². The molecule has 5 rings (SSSR count). The van der Waals surface area contributed by atoms with E-state index in [0.29, 0.717) is 23.4 Å². The minimum atomic E-state index is -1.55. The lowest BCUT2D eigenvalue weighted by molar-refractivity contribution is -0.136. The second kappa shape index (κ2) is 4.64. The molecular weight excluding hydrogens is 316 g/mol. The van der Waals surface area contributed by atoms with Gasteiger partial charge in [-0.05, 0) is 24.6 Å². The Labute approximate surface area is 143 Å². The van der Waals surface area contributed by atoms with Gasteiger partial charge in [-0.25, -0.2) is 4.98 Å². The zero-order valence-corrected chi connectivity index (χ0v) is 13.7. The Morgan fingerprint density at radius 2 is 2.04 bits per heavy atom. The van der Waals surface area contributed by atoms with Crippen LogP contribution in [-0.2, 0) is 23.4 Å². The van der Waals surface area contributed by atoms with Crippen molar-refractivity contribution < 1.29 is 9.90 Å². The number of hydrogen-bond acceptors (Lipinski definition) is 4. The molecule has 25 heavy (non-hydrogen) atoms. The fourth-order valence-corrected chi connectivity index (χ4v) is 4.10. The molecule has 5 heteroatoms. The number of pyridine rings is 2. The maximum absolute atomic E-state index is 12.9. The number of aromatic nitrogens is 2. The van der Waals surface area contributed by atoms with Crippen LogP contribution in [0.1, 0.15) is 30.0 Å². The third-order valence-corrected chi connectivity index (χ3v) is 5.53. The number of rotatable bonds is 1. The highest BCUT2D eigenvalue weighted by atomic mass is 16.3. The molecule has 0 unspecified atom stereocenters. The van der Waals surface area contributed by atoms with Crippen LogP contribution < -0.4 is 5.56 Å². The topological polar surface area (TPSA) is 72.2 Å². The number of carbonyl (C=O) groups excluding carboxylic acids is 1. The van der Waals surface area contributed by atoms with Crippen molar-refractivity contribution >= 4 is 16.7 Å². The van der Waals surface area contributed by atoms with E-state index < -0.39 is 5.60 Å². The summed E-state index contributed by atoms with van der Waals surface area (Å²) in [5, 5.41) is 11.8. The Kier molecular flexibility index (Phi) is 2.70. The average Bonchev–Trinajstić information content (AvgIpc) is 3.10. The molecule has 1 atom stereocenters. The zero-order chi connectivity index (χ0) is 17.3. The van der Waals surface area contributed by atoms with Crippen LogP contribution in [-0.4, -0.2) is 20.4 Å². The third kappa shape index (κ3) is 1.73. The summed E-state index contributed by atoms with van der Waals surface area (Å²) in [5.74, 6) is -0.293. The molecule has 0 bridgehead atoms. The van der Waals surface area contributed by atoms with Crippen LogP contribution in [0.5, 0.6) is 0 Å². The number of benzene rings is 1. The van der Waals surface area contributed by atoms with Crippen molar-refractivity contribution in [3.8, 4) is 11.4 Å². The highest BCUT2D eigenvalue weighted by Crippen LogP contribution is 2.39. The van der Waals surface area contributed by atoms with E-state index in [1.165, 1.54) is 0 Å². The first-order valence-electron chi connectivity index (χ1n) is 8.45. The molecule has 1 aliphatic carbocycles. The fraction of sp³-hybridized carbons (Fsp3) is 0.250. The molecule has 2 aliphatic rings. The standard InChI is InChI=1S/C20H16N2O3/c1-2-20(25)14-9-16-18-12(7-11-5-3-4-6-15(11)21-18)10-22(16)19(24)13(14)8-17(20)23/h3-7,9,25H,2,8,10H2,1H3/t20-/m0/s1. The number of nitrogens with zero attached hydrogens (tertiary/aromatic N) is 2. The SMILES string of the molecule is CC[C@@]1(O)C(=O)Cc2c1cc1n(c2=O)Cc2cc3ccccc3nc2-1. The minimum absolute atomic E-state index is 0.00450. The van der Waals surface area contributed by atoms with Crippen LogP contribution in [0.4, 0.5) is 0 Å². The minimum Gasteiger partial charge on any atom is -0.377 e. The molecule has 0 spiro atoms. The molecule has 0 fully saturated rings. The molecule has 124 valence electrons. The number of aliphatic hydroxyl groups is 1. The van der Waals surface area contributed by atoms with Gasteiger partial charge >= 0.3 is 0 Å². The molecule has 0 saturated carbocycles.